The lowest BCUT2D eigenvalue weighted by molar-refractivity contribution is -0.137. The highest BCUT2D eigenvalue weighted by atomic mass is 35.5. The Bertz CT molecular complexity index is 4840. The topological polar surface area (TPSA) is 130 Å². The van der Waals surface area contributed by atoms with E-state index in [-0.39, 0.29) is 23.6 Å². The van der Waals surface area contributed by atoms with Gasteiger partial charge in [-0.25, -0.2) is 4.98 Å². The number of hydrogen-bond donors (Lipinski definition) is 1. The van der Waals surface area contributed by atoms with Crippen LogP contribution in [0.15, 0.2) is 134 Å². The molecule has 0 fully saturated rings. The van der Waals surface area contributed by atoms with E-state index in [1.54, 1.807) is 36.8 Å². The van der Waals surface area contributed by atoms with E-state index >= 15 is 0 Å². The molecule has 0 bridgehead atoms. The SMILES string of the molecule is CN1CCc2c(c3cc(Cl)ccc3n2CC(O)c2ccc(C(F)(F)F)cc2)C1.Cc1cc2c3c(n(CCc4ccc(C(C)(F)F)nc4)c2cn1)CCN(C)C3.Cc1ccc2c(n1)c1c(n2CCc2ccc(C(C)(F)F)nc2)CCN(C)C1.Cc1cnc2c(c1)c1c(n2CCc2ccc(C(C)(F)F)nc2)CCN(C)C1. The van der Waals surface area contributed by atoms with Gasteiger partial charge in [-0.2, -0.15) is 39.5 Å². The Morgan fingerprint density at radius 2 is 0.872 bits per heavy atom. The lowest BCUT2D eigenvalue weighted by atomic mass is 10.0. The van der Waals surface area contributed by atoms with Crippen molar-refractivity contribution in [1.82, 2.24) is 67.8 Å². The third kappa shape index (κ3) is 17.6. The number of benzene rings is 2. The van der Waals surface area contributed by atoms with Gasteiger partial charge in [-0.1, -0.05) is 41.9 Å². The van der Waals surface area contributed by atoms with Crippen molar-refractivity contribution in [2.24, 2.45) is 0 Å². The molecule has 1 N–H and O–H groups in total. The summed E-state index contributed by atoms with van der Waals surface area (Å²) in [5.41, 5.74) is 21.2. The monoisotopic (exact) mass is 1520 g/mol. The van der Waals surface area contributed by atoms with Gasteiger partial charge in [-0.05, 0) is 186 Å². The molecule has 4 aliphatic rings. The molecule has 15 nitrogen and oxygen atoms in total. The predicted molar refractivity (Wildman–Crippen MR) is 409 cm³/mol. The number of fused-ring (bicyclic) bond motifs is 12. The van der Waals surface area contributed by atoms with E-state index in [9.17, 15) is 44.6 Å². The average Bonchev–Trinajstić information content (AvgIpc) is 1.63. The molecule has 574 valence electrons. The van der Waals surface area contributed by atoms with Gasteiger partial charge in [-0.3, -0.25) is 24.9 Å². The second-order valence-electron chi connectivity index (χ2n) is 30.1. The van der Waals surface area contributed by atoms with Crippen LogP contribution < -0.4 is 0 Å². The largest absolute Gasteiger partial charge is 0.416 e. The van der Waals surface area contributed by atoms with Crippen LogP contribution in [0.1, 0.15) is 134 Å². The second kappa shape index (κ2) is 31.7. The Morgan fingerprint density at radius 3 is 1.36 bits per heavy atom. The molecule has 0 amide bonds. The zero-order valence-electron chi connectivity index (χ0n) is 63.2. The smallest absolute Gasteiger partial charge is 0.387 e. The van der Waals surface area contributed by atoms with Crippen molar-refractivity contribution in [3.8, 4) is 0 Å². The molecule has 0 radical (unpaired) electrons. The molecule has 0 aliphatic carbocycles. The number of halogens is 10. The summed E-state index contributed by atoms with van der Waals surface area (Å²) in [4.78, 5) is 35.0. The minimum absolute atomic E-state index is 0.183. The molecule has 25 heteroatoms. The number of aryl methyl sites for hydroxylation is 9. The molecule has 0 saturated heterocycles. The molecular weight excluding hydrogens is 1430 g/mol. The maximum absolute atomic E-state index is 13.3. The maximum atomic E-state index is 13.3. The third-order valence-electron chi connectivity index (χ3n) is 21.4. The highest BCUT2D eigenvalue weighted by molar-refractivity contribution is 6.31. The third-order valence-corrected chi connectivity index (χ3v) is 21.6. The number of aromatic nitrogens is 10. The van der Waals surface area contributed by atoms with Crippen LogP contribution in [0, 0.1) is 20.8 Å². The Morgan fingerprint density at radius 1 is 0.431 bits per heavy atom. The van der Waals surface area contributed by atoms with Crippen LogP contribution >= 0.6 is 11.6 Å². The van der Waals surface area contributed by atoms with Gasteiger partial charge < -0.3 is 43.0 Å². The fourth-order valence-electron chi connectivity index (χ4n) is 15.6. The average molecular weight is 1520 g/mol. The number of hydrogen-bond acceptors (Lipinski definition) is 11. The van der Waals surface area contributed by atoms with Crippen molar-refractivity contribution in [2.45, 2.75) is 169 Å². The van der Waals surface area contributed by atoms with Crippen LogP contribution in [0.4, 0.5) is 39.5 Å². The number of likely N-dealkylation sites (N-methyl/N-ethyl adjacent to an activating group) is 4. The van der Waals surface area contributed by atoms with Gasteiger partial charge in [0.1, 0.15) is 22.7 Å². The molecule has 12 aromatic rings. The number of aliphatic hydroxyl groups excluding tert-OH is 1. The number of rotatable bonds is 15. The summed E-state index contributed by atoms with van der Waals surface area (Å²) in [7, 11) is 8.50. The van der Waals surface area contributed by atoms with E-state index in [0.29, 0.717) is 10.6 Å². The van der Waals surface area contributed by atoms with Crippen LogP contribution in [0.25, 0.3) is 43.9 Å². The molecular formula is C84H92ClF9N14O. The zero-order chi connectivity index (χ0) is 77.6. The van der Waals surface area contributed by atoms with Crippen molar-refractivity contribution in [2.75, 3.05) is 54.4 Å². The van der Waals surface area contributed by atoms with E-state index in [0.717, 1.165) is 222 Å². The summed E-state index contributed by atoms with van der Waals surface area (Å²) in [5.74, 6) is -8.70. The van der Waals surface area contributed by atoms with Gasteiger partial charge >= 0.3 is 6.18 Å². The molecule has 14 heterocycles. The highest BCUT2D eigenvalue weighted by Gasteiger charge is 2.33. The number of alkyl halides is 9. The summed E-state index contributed by atoms with van der Waals surface area (Å²) >= 11 is 6.20. The predicted octanol–water partition coefficient (Wildman–Crippen LogP) is 17.3. The minimum Gasteiger partial charge on any atom is -0.387 e. The maximum Gasteiger partial charge on any atom is 0.416 e. The Kier molecular flexibility index (Phi) is 22.7. The summed E-state index contributed by atoms with van der Waals surface area (Å²) in [6, 6.07) is 28.5. The number of aliphatic hydroxyl groups is 1. The molecule has 0 spiro atoms. The van der Waals surface area contributed by atoms with Crippen LogP contribution in [-0.2, 0) is 121 Å². The van der Waals surface area contributed by atoms with E-state index in [1.807, 2.05) is 50.5 Å². The van der Waals surface area contributed by atoms with Crippen molar-refractivity contribution < 1.29 is 44.6 Å². The normalized spacial score (nSPS) is 15.6. The standard InChI is InChI=1S/C21H20ClF3N2O.3C21H24F2N4/c1-26-9-8-19-17(11-26)16-10-15(22)6-7-18(16)27(19)12-20(28)13-2-4-14(5-3-13)21(23,24)25;1-14-4-6-18-20(25-14)16-13-26(3)10-9-17(16)27(18)11-8-15-5-7-19(24-12-15)21(2,22)23;1-14-10-16-17-13-26(3)8-7-18(17)27(19(16)12-24-14)9-6-15-4-5-20(25-11-15)21(2,22)23;1-14-10-16-17-13-26(3)8-7-18(17)27(20(16)25-11-14)9-6-15-4-5-19(24-12-15)21(2,22)23/h2-7,10,20,28H,8-9,11-12H2,1H3;4-7,12H,8-11,13H2,1-3H3;2*4-5,10-12H,6-9,13H2,1-3H3. The molecule has 10 aromatic heterocycles. The molecule has 109 heavy (non-hydrogen) atoms. The second-order valence-corrected chi connectivity index (χ2v) is 30.6. The van der Waals surface area contributed by atoms with Crippen molar-refractivity contribution >= 4 is 55.5 Å². The Labute approximate surface area is 634 Å². The van der Waals surface area contributed by atoms with E-state index in [2.05, 4.69) is 111 Å². The van der Waals surface area contributed by atoms with Gasteiger partial charge in [0, 0.05) is 210 Å². The van der Waals surface area contributed by atoms with Crippen molar-refractivity contribution in [1.29, 1.82) is 0 Å². The van der Waals surface area contributed by atoms with Crippen LogP contribution in [-0.4, -0.2) is 127 Å². The first-order chi connectivity index (χ1) is 51.7. The van der Waals surface area contributed by atoms with Crippen LogP contribution in [0.3, 0.4) is 0 Å². The molecule has 0 saturated carbocycles. The fourth-order valence-corrected chi connectivity index (χ4v) is 15.7. The molecule has 1 atom stereocenters. The molecule has 16 rings (SSSR count). The summed E-state index contributed by atoms with van der Waals surface area (Å²) in [6.07, 6.45) is 9.39. The van der Waals surface area contributed by atoms with Gasteiger partial charge in [0.2, 0.25) is 0 Å². The van der Waals surface area contributed by atoms with Gasteiger partial charge in [0.25, 0.3) is 17.8 Å². The van der Waals surface area contributed by atoms with Crippen molar-refractivity contribution in [3.63, 3.8) is 0 Å². The Hall–Kier alpha value is -9.04. The highest BCUT2D eigenvalue weighted by Crippen LogP contribution is 2.39. The van der Waals surface area contributed by atoms with Crippen molar-refractivity contribution in [3.05, 3.63) is 246 Å². The fraction of sp³-hybridized carbons (Fsp3) is 0.405. The number of nitrogens with zero attached hydrogens (tertiary/aromatic N) is 14. The lowest BCUT2D eigenvalue weighted by Crippen LogP contribution is -2.27. The van der Waals surface area contributed by atoms with Gasteiger partial charge in [0.05, 0.1) is 41.0 Å². The zero-order valence-corrected chi connectivity index (χ0v) is 64.0. The van der Waals surface area contributed by atoms with Crippen LogP contribution in [0.5, 0.6) is 0 Å². The Balaban J connectivity index is 0.000000128. The summed E-state index contributed by atoms with van der Waals surface area (Å²) < 4.78 is 127. The van der Waals surface area contributed by atoms with Crippen LogP contribution in [0.2, 0.25) is 5.02 Å². The quantitative estimate of drug-likeness (QED) is 0.0985. The number of pyridine rings is 6. The van der Waals surface area contributed by atoms with Gasteiger partial charge in [0.15, 0.2) is 0 Å². The van der Waals surface area contributed by atoms with E-state index in [1.165, 1.54) is 80.4 Å². The summed E-state index contributed by atoms with van der Waals surface area (Å²) in [6.45, 7) is 19.0. The summed E-state index contributed by atoms with van der Waals surface area (Å²) in [5, 5.41) is 14.9. The lowest BCUT2D eigenvalue weighted by Gasteiger charge is -2.25. The molecule has 2 aromatic carbocycles. The van der Waals surface area contributed by atoms with E-state index < -0.39 is 35.6 Å². The van der Waals surface area contributed by atoms with Gasteiger partial charge in [-0.15, -0.1) is 0 Å². The van der Waals surface area contributed by atoms with E-state index in [4.69, 9.17) is 21.6 Å². The first-order valence-electron chi connectivity index (χ1n) is 37.0. The molecule has 4 aliphatic heterocycles. The molecule has 1 unspecified atom stereocenters. The minimum atomic E-state index is -4.38. The first-order valence-corrected chi connectivity index (χ1v) is 37.4. The first kappa shape index (κ1) is 78.1.